The Balaban J connectivity index is 1.58. The molecule has 0 N–H and O–H groups in total. The average molecular weight is 398 g/mol. The Kier molecular flexibility index (Phi) is 5.54. The second-order valence-corrected chi connectivity index (χ2v) is 7.31. The van der Waals surface area contributed by atoms with Crippen LogP contribution in [0.25, 0.3) is 22.0 Å². The Hall–Kier alpha value is -3.58. The number of hydrogen-bond donors (Lipinski definition) is 0. The maximum absolute atomic E-state index is 15.1. The third-order valence-corrected chi connectivity index (χ3v) is 5.40. The van der Waals surface area contributed by atoms with E-state index >= 15 is 4.39 Å². The molecule has 148 valence electrons. The Morgan fingerprint density at radius 1 is 0.900 bits per heavy atom. The van der Waals surface area contributed by atoms with Gasteiger partial charge in [-0.1, -0.05) is 43.3 Å². The Labute approximate surface area is 174 Å². The first kappa shape index (κ1) is 19.7. The lowest BCUT2D eigenvalue weighted by molar-refractivity contribution is 0.616. The predicted molar refractivity (Wildman–Crippen MR) is 115 cm³/mol. The molecule has 1 heterocycles. The molecule has 1 aromatic heterocycles. The Morgan fingerprint density at radius 3 is 2.43 bits per heavy atom. The van der Waals surface area contributed by atoms with E-state index in [1.165, 1.54) is 17.7 Å². The van der Waals surface area contributed by atoms with Crippen LogP contribution in [0.1, 0.15) is 29.2 Å². The fraction of sp³-hybridized carbons (Fsp3) is 0.154. The molecule has 0 amide bonds. The van der Waals surface area contributed by atoms with E-state index < -0.39 is 5.82 Å². The molecule has 0 radical (unpaired) electrons. The van der Waals surface area contributed by atoms with Crippen LogP contribution in [0.2, 0.25) is 0 Å². The van der Waals surface area contributed by atoms with Gasteiger partial charge in [-0.05, 0) is 65.6 Å². The second-order valence-electron chi connectivity index (χ2n) is 7.31. The van der Waals surface area contributed by atoms with Crippen molar-refractivity contribution in [3.63, 3.8) is 0 Å². The fourth-order valence-electron chi connectivity index (χ4n) is 3.58. The van der Waals surface area contributed by atoms with E-state index in [0.29, 0.717) is 23.8 Å². The molecule has 0 aliphatic heterocycles. The van der Waals surface area contributed by atoms with Crippen LogP contribution in [-0.2, 0) is 19.3 Å². The van der Waals surface area contributed by atoms with Crippen LogP contribution in [0.15, 0.2) is 66.9 Å². The zero-order valence-electron chi connectivity index (χ0n) is 16.6. The largest absolute Gasteiger partial charge is 0.256 e. The molecular formula is C26H20F2N2. The van der Waals surface area contributed by atoms with Crippen LogP contribution in [0.5, 0.6) is 0 Å². The highest BCUT2D eigenvalue weighted by Crippen LogP contribution is 2.27. The van der Waals surface area contributed by atoms with Gasteiger partial charge in [0, 0.05) is 17.1 Å². The van der Waals surface area contributed by atoms with E-state index in [9.17, 15) is 4.39 Å². The maximum Gasteiger partial charge on any atom is 0.141 e. The molecule has 4 rings (SSSR count). The summed E-state index contributed by atoms with van der Waals surface area (Å²) in [5.74, 6) is -0.787. The van der Waals surface area contributed by atoms with Crippen LogP contribution in [0.4, 0.5) is 8.78 Å². The van der Waals surface area contributed by atoms with Gasteiger partial charge in [-0.3, -0.25) is 4.98 Å². The van der Waals surface area contributed by atoms with Crippen molar-refractivity contribution in [2.45, 2.75) is 26.2 Å². The van der Waals surface area contributed by atoms with Crippen molar-refractivity contribution in [1.82, 2.24) is 4.98 Å². The van der Waals surface area contributed by atoms with Gasteiger partial charge >= 0.3 is 0 Å². The molecule has 0 bridgehead atoms. The molecule has 0 saturated heterocycles. The van der Waals surface area contributed by atoms with Crippen molar-refractivity contribution in [2.24, 2.45) is 0 Å². The number of nitrogens with zero attached hydrogens (tertiary/aromatic N) is 2. The molecular weight excluding hydrogens is 378 g/mol. The van der Waals surface area contributed by atoms with Crippen molar-refractivity contribution in [1.29, 1.82) is 5.26 Å². The molecule has 0 fully saturated rings. The molecule has 0 atom stereocenters. The molecule has 2 nitrogen and oxygen atoms in total. The van der Waals surface area contributed by atoms with Crippen LogP contribution in [0, 0.1) is 23.0 Å². The lowest BCUT2D eigenvalue weighted by Gasteiger charge is -2.09. The van der Waals surface area contributed by atoms with E-state index in [-0.39, 0.29) is 11.4 Å². The summed E-state index contributed by atoms with van der Waals surface area (Å²) >= 11 is 0. The summed E-state index contributed by atoms with van der Waals surface area (Å²) in [7, 11) is 0. The normalized spacial score (nSPS) is 10.9. The van der Waals surface area contributed by atoms with Crippen LogP contribution in [0.3, 0.4) is 0 Å². The van der Waals surface area contributed by atoms with Crippen LogP contribution >= 0.6 is 0 Å². The monoisotopic (exact) mass is 398 g/mol. The first-order valence-corrected chi connectivity index (χ1v) is 9.94. The lowest BCUT2D eigenvalue weighted by Crippen LogP contribution is -1.97. The standard InChI is InChI=1S/C26H20F2N2/c1-2-17-5-12-25(30-16-17)21-10-11-23-20(14-21)9-8-19(26(23)28)6-3-18-4-7-22(15-29)24(27)13-18/h4-5,7-14,16H,2-3,6H2,1H3. The van der Waals surface area contributed by atoms with Crippen molar-refractivity contribution < 1.29 is 8.78 Å². The Bertz CT molecular complexity index is 1250. The van der Waals surface area contributed by atoms with Gasteiger partial charge in [-0.15, -0.1) is 0 Å². The summed E-state index contributed by atoms with van der Waals surface area (Å²) < 4.78 is 28.9. The van der Waals surface area contributed by atoms with Gasteiger partial charge in [0.25, 0.3) is 0 Å². The van der Waals surface area contributed by atoms with Crippen molar-refractivity contribution in [2.75, 3.05) is 0 Å². The molecule has 0 unspecified atom stereocenters. The number of fused-ring (bicyclic) bond motifs is 1. The van der Waals surface area contributed by atoms with Gasteiger partial charge < -0.3 is 0 Å². The van der Waals surface area contributed by atoms with Crippen LogP contribution < -0.4 is 0 Å². The number of aryl methyl sites for hydroxylation is 3. The minimum absolute atomic E-state index is 0.0188. The number of rotatable bonds is 5. The summed E-state index contributed by atoms with van der Waals surface area (Å²) in [6.07, 6.45) is 3.76. The maximum atomic E-state index is 15.1. The zero-order valence-corrected chi connectivity index (χ0v) is 16.6. The van der Waals surface area contributed by atoms with E-state index in [1.54, 1.807) is 18.2 Å². The predicted octanol–water partition coefficient (Wildman–Crippen LogP) is 6.40. The summed E-state index contributed by atoms with van der Waals surface area (Å²) in [4.78, 5) is 4.50. The first-order valence-electron chi connectivity index (χ1n) is 9.94. The molecule has 0 aliphatic rings. The number of pyridine rings is 1. The topological polar surface area (TPSA) is 36.7 Å². The minimum Gasteiger partial charge on any atom is -0.256 e. The molecule has 0 spiro atoms. The molecule has 3 aromatic carbocycles. The second kappa shape index (κ2) is 8.42. The van der Waals surface area contributed by atoms with Gasteiger partial charge in [0.05, 0.1) is 11.3 Å². The number of benzene rings is 3. The minimum atomic E-state index is -0.540. The van der Waals surface area contributed by atoms with Gasteiger partial charge in [0.15, 0.2) is 0 Å². The highest BCUT2D eigenvalue weighted by atomic mass is 19.1. The summed E-state index contributed by atoms with van der Waals surface area (Å²) in [5.41, 5.74) is 4.34. The average Bonchev–Trinajstić information content (AvgIpc) is 2.78. The molecule has 4 heteroatoms. The summed E-state index contributed by atoms with van der Waals surface area (Å²) in [6.45, 7) is 2.09. The number of hydrogen-bond acceptors (Lipinski definition) is 2. The highest BCUT2D eigenvalue weighted by molar-refractivity contribution is 5.88. The quantitative estimate of drug-likeness (QED) is 0.390. The van der Waals surface area contributed by atoms with E-state index in [4.69, 9.17) is 5.26 Å². The van der Waals surface area contributed by atoms with E-state index in [1.807, 2.05) is 36.5 Å². The highest BCUT2D eigenvalue weighted by Gasteiger charge is 2.10. The number of halogens is 2. The van der Waals surface area contributed by atoms with Crippen molar-refractivity contribution >= 4 is 10.8 Å². The first-order chi connectivity index (χ1) is 14.6. The lowest BCUT2D eigenvalue weighted by atomic mass is 9.98. The SMILES string of the molecule is CCc1ccc(-c2ccc3c(F)c(CCc4ccc(C#N)c(F)c4)ccc3c2)nc1. The zero-order chi connectivity index (χ0) is 21.1. The van der Waals surface area contributed by atoms with Gasteiger partial charge in [0.1, 0.15) is 17.7 Å². The molecule has 0 aliphatic carbocycles. The fourth-order valence-corrected chi connectivity index (χ4v) is 3.58. The van der Waals surface area contributed by atoms with Gasteiger partial charge in [-0.25, -0.2) is 8.78 Å². The van der Waals surface area contributed by atoms with Crippen LogP contribution in [-0.4, -0.2) is 4.98 Å². The number of aromatic nitrogens is 1. The van der Waals surface area contributed by atoms with E-state index in [0.717, 1.165) is 28.6 Å². The van der Waals surface area contributed by atoms with Crippen molar-refractivity contribution in [3.8, 4) is 17.3 Å². The summed E-state index contributed by atoms with van der Waals surface area (Å²) in [5, 5.41) is 10.2. The van der Waals surface area contributed by atoms with E-state index in [2.05, 4.69) is 18.0 Å². The van der Waals surface area contributed by atoms with Gasteiger partial charge in [-0.2, -0.15) is 5.26 Å². The molecule has 0 saturated carbocycles. The van der Waals surface area contributed by atoms with Crippen molar-refractivity contribution in [3.05, 3.63) is 101 Å². The molecule has 30 heavy (non-hydrogen) atoms. The molecule has 4 aromatic rings. The summed E-state index contributed by atoms with van der Waals surface area (Å²) in [6, 6.07) is 19.7. The third-order valence-electron chi connectivity index (χ3n) is 5.40. The third kappa shape index (κ3) is 3.92. The smallest absolute Gasteiger partial charge is 0.141 e. The van der Waals surface area contributed by atoms with Gasteiger partial charge in [0.2, 0.25) is 0 Å². The number of nitriles is 1. The Morgan fingerprint density at radius 2 is 1.73 bits per heavy atom.